The Labute approximate surface area is 96.3 Å². The molecule has 0 fully saturated rings. The van der Waals surface area contributed by atoms with Gasteiger partial charge < -0.3 is 4.74 Å². The second-order valence-corrected chi connectivity index (χ2v) is 3.34. The van der Waals surface area contributed by atoms with Crippen molar-refractivity contribution >= 4 is 17.6 Å². The molecule has 0 atom stereocenters. The number of rotatable bonds is 1. The monoisotopic (exact) mass is 228 g/mol. The Morgan fingerprint density at radius 1 is 1.40 bits per heavy atom. The third kappa shape index (κ3) is 4.84. The van der Waals surface area contributed by atoms with Crippen molar-refractivity contribution < 1.29 is 9.53 Å². The fourth-order valence-corrected chi connectivity index (χ4v) is 1.30. The number of carbonyl (C=O) groups excluding carboxylic acids is 1. The van der Waals surface area contributed by atoms with Crippen LogP contribution in [0.1, 0.15) is 27.2 Å². The van der Waals surface area contributed by atoms with Gasteiger partial charge >= 0.3 is 5.97 Å². The number of esters is 1. The molecule has 0 aliphatic heterocycles. The van der Waals surface area contributed by atoms with E-state index in [0.29, 0.717) is 17.0 Å². The molecule has 0 heterocycles. The third-order valence-corrected chi connectivity index (χ3v) is 1.99. The predicted molar refractivity (Wildman–Crippen MR) is 63.8 cm³/mol. The highest BCUT2D eigenvalue weighted by molar-refractivity contribution is 6.31. The Hall–Kier alpha value is -1.02. The van der Waals surface area contributed by atoms with Gasteiger partial charge in [0, 0.05) is 17.0 Å². The van der Waals surface area contributed by atoms with Gasteiger partial charge in [0.1, 0.15) is 0 Å². The van der Waals surface area contributed by atoms with Gasteiger partial charge in [0.25, 0.3) is 0 Å². The molecule has 2 nitrogen and oxygen atoms in total. The van der Waals surface area contributed by atoms with Crippen LogP contribution in [0.4, 0.5) is 0 Å². The Kier molecular flexibility index (Phi) is 6.80. The van der Waals surface area contributed by atoms with E-state index in [0.717, 1.165) is 5.57 Å². The second kappa shape index (κ2) is 7.30. The van der Waals surface area contributed by atoms with Gasteiger partial charge in [-0.05, 0) is 19.1 Å². The molecule has 84 valence electrons. The molecule has 1 aliphatic rings. The van der Waals surface area contributed by atoms with Gasteiger partial charge in [-0.1, -0.05) is 37.1 Å². The van der Waals surface area contributed by atoms with Crippen molar-refractivity contribution in [2.75, 3.05) is 7.11 Å². The molecular weight excluding hydrogens is 212 g/mol. The van der Waals surface area contributed by atoms with Crippen LogP contribution in [-0.2, 0) is 9.53 Å². The highest BCUT2D eigenvalue weighted by Gasteiger charge is 2.11. The van der Waals surface area contributed by atoms with E-state index >= 15 is 0 Å². The van der Waals surface area contributed by atoms with E-state index in [4.69, 9.17) is 11.6 Å². The summed E-state index contributed by atoms with van der Waals surface area (Å²) < 4.78 is 4.62. The van der Waals surface area contributed by atoms with Crippen LogP contribution in [-0.4, -0.2) is 13.1 Å². The summed E-state index contributed by atoms with van der Waals surface area (Å²) in [5.74, 6) is -0.318. The molecular formula is C12H17ClO2. The standard InChI is InChI=1S/C10H11ClO2.C2H6/c1-7-3-4-9(11)6-8(5-7)10(12)13-2;1-2/h3-4,6H,5H2,1-2H3;1-2H3. The van der Waals surface area contributed by atoms with Crippen LogP contribution in [0.2, 0.25) is 0 Å². The summed E-state index contributed by atoms with van der Waals surface area (Å²) in [5.41, 5.74) is 1.68. The molecule has 0 radical (unpaired) electrons. The Balaban J connectivity index is 0.000000921. The quantitative estimate of drug-likeness (QED) is 0.642. The minimum absolute atomic E-state index is 0.318. The van der Waals surface area contributed by atoms with Crippen molar-refractivity contribution in [2.45, 2.75) is 27.2 Å². The number of carbonyl (C=O) groups is 1. The number of allylic oxidation sites excluding steroid dienone is 5. The van der Waals surface area contributed by atoms with Gasteiger partial charge in [-0.25, -0.2) is 4.79 Å². The normalized spacial score (nSPS) is 14.9. The van der Waals surface area contributed by atoms with Crippen molar-refractivity contribution in [3.63, 3.8) is 0 Å². The molecule has 1 rings (SSSR count). The van der Waals surface area contributed by atoms with Crippen molar-refractivity contribution in [3.05, 3.63) is 34.4 Å². The molecule has 0 amide bonds. The largest absolute Gasteiger partial charge is 0.466 e. The first kappa shape index (κ1) is 14.0. The lowest BCUT2D eigenvalue weighted by Gasteiger charge is -2.03. The molecule has 0 N–H and O–H groups in total. The Morgan fingerprint density at radius 3 is 2.53 bits per heavy atom. The summed E-state index contributed by atoms with van der Waals surface area (Å²) in [6.07, 6.45) is 5.90. The fraction of sp³-hybridized carbons (Fsp3) is 0.417. The summed E-state index contributed by atoms with van der Waals surface area (Å²) in [5, 5.41) is 0.553. The maximum absolute atomic E-state index is 11.2. The van der Waals surface area contributed by atoms with Crippen LogP contribution in [0.3, 0.4) is 0 Å². The van der Waals surface area contributed by atoms with Crippen LogP contribution in [0.5, 0.6) is 0 Å². The highest BCUT2D eigenvalue weighted by Crippen LogP contribution is 2.20. The fourth-order valence-electron chi connectivity index (χ4n) is 1.11. The molecule has 0 bridgehead atoms. The van der Waals surface area contributed by atoms with E-state index in [1.54, 1.807) is 12.2 Å². The highest BCUT2D eigenvalue weighted by atomic mass is 35.5. The van der Waals surface area contributed by atoms with E-state index in [1.165, 1.54) is 7.11 Å². The smallest absolute Gasteiger partial charge is 0.334 e. The lowest BCUT2D eigenvalue weighted by atomic mass is 10.1. The van der Waals surface area contributed by atoms with Gasteiger partial charge in [-0.3, -0.25) is 0 Å². The van der Waals surface area contributed by atoms with Crippen molar-refractivity contribution in [1.82, 2.24) is 0 Å². The topological polar surface area (TPSA) is 26.3 Å². The van der Waals surface area contributed by atoms with Crippen LogP contribution in [0, 0.1) is 0 Å². The number of halogens is 1. The SMILES string of the molecule is CC.COC(=O)C1=CC(Cl)=CC=C(C)C1. The van der Waals surface area contributed by atoms with Crippen molar-refractivity contribution in [3.8, 4) is 0 Å². The van der Waals surface area contributed by atoms with Crippen LogP contribution >= 0.6 is 11.6 Å². The Bertz CT molecular complexity index is 312. The van der Waals surface area contributed by atoms with Gasteiger partial charge in [-0.2, -0.15) is 0 Å². The van der Waals surface area contributed by atoms with E-state index in [1.807, 2.05) is 26.8 Å². The van der Waals surface area contributed by atoms with Gasteiger partial charge in [0.2, 0.25) is 0 Å². The van der Waals surface area contributed by atoms with Gasteiger partial charge in [0.15, 0.2) is 0 Å². The zero-order valence-corrected chi connectivity index (χ0v) is 10.4. The molecule has 3 heteroatoms. The van der Waals surface area contributed by atoms with E-state index in [9.17, 15) is 4.79 Å². The van der Waals surface area contributed by atoms with Crippen LogP contribution in [0.15, 0.2) is 34.4 Å². The van der Waals surface area contributed by atoms with Crippen LogP contribution < -0.4 is 0 Å². The number of methoxy groups -OCH3 is 1. The molecule has 0 aromatic heterocycles. The minimum Gasteiger partial charge on any atom is -0.466 e. The minimum atomic E-state index is -0.318. The predicted octanol–water partition coefficient (Wildman–Crippen LogP) is 3.58. The average molecular weight is 229 g/mol. The summed E-state index contributed by atoms with van der Waals surface area (Å²) >= 11 is 5.81. The van der Waals surface area contributed by atoms with E-state index in [2.05, 4.69) is 4.74 Å². The van der Waals surface area contributed by atoms with Crippen molar-refractivity contribution in [2.24, 2.45) is 0 Å². The van der Waals surface area contributed by atoms with Gasteiger partial charge in [0.05, 0.1) is 7.11 Å². The summed E-state index contributed by atoms with van der Waals surface area (Å²) in [6.45, 7) is 5.95. The molecule has 0 saturated heterocycles. The maximum Gasteiger partial charge on any atom is 0.334 e. The molecule has 0 aromatic rings. The lowest BCUT2D eigenvalue weighted by molar-refractivity contribution is -0.136. The summed E-state index contributed by atoms with van der Waals surface area (Å²) in [6, 6.07) is 0. The lowest BCUT2D eigenvalue weighted by Crippen LogP contribution is -2.04. The second-order valence-electron chi connectivity index (χ2n) is 2.90. The average Bonchev–Trinajstić information content (AvgIpc) is 2.42. The first-order valence-corrected chi connectivity index (χ1v) is 5.33. The first-order chi connectivity index (χ1) is 7.13. The van der Waals surface area contributed by atoms with Crippen LogP contribution in [0.25, 0.3) is 0 Å². The zero-order chi connectivity index (χ0) is 11.8. The summed E-state index contributed by atoms with van der Waals surface area (Å²) in [7, 11) is 1.37. The summed E-state index contributed by atoms with van der Waals surface area (Å²) in [4.78, 5) is 11.2. The number of hydrogen-bond acceptors (Lipinski definition) is 2. The molecule has 0 spiro atoms. The van der Waals surface area contributed by atoms with Crippen molar-refractivity contribution in [1.29, 1.82) is 0 Å². The molecule has 0 aromatic carbocycles. The molecule has 15 heavy (non-hydrogen) atoms. The van der Waals surface area contributed by atoms with Gasteiger partial charge in [-0.15, -0.1) is 0 Å². The Morgan fingerprint density at radius 2 is 2.00 bits per heavy atom. The first-order valence-electron chi connectivity index (χ1n) is 4.95. The molecule has 0 saturated carbocycles. The molecule has 1 aliphatic carbocycles. The third-order valence-electron chi connectivity index (χ3n) is 1.76. The molecule has 0 unspecified atom stereocenters. The number of hydrogen-bond donors (Lipinski definition) is 0. The van der Waals surface area contributed by atoms with E-state index < -0.39 is 0 Å². The van der Waals surface area contributed by atoms with E-state index in [-0.39, 0.29) is 5.97 Å². The zero-order valence-electron chi connectivity index (χ0n) is 9.63. The maximum atomic E-state index is 11.2. The number of ether oxygens (including phenoxy) is 1.